The third-order valence-corrected chi connectivity index (χ3v) is 3.66. The van der Waals surface area contributed by atoms with Crippen molar-refractivity contribution in [3.05, 3.63) is 24.2 Å². The molecule has 1 aromatic heterocycles. The minimum Gasteiger partial charge on any atom is -0.469 e. The van der Waals surface area contributed by atoms with E-state index in [2.05, 4.69) is 10.1 Å². The van der Waals surface area contributed by atoms with Gasteiger partial charge in [0.25, 0.3) is 5.91 Å². The van der Waals surface area contributed by atoms with Crippen LogP contribution < -0.4 is 5.32 Å². The van der Waals surface area contributed by atoms with Gasteiger partial charge in [0.2, 0.25) is 5.91 Å². The van der Waals surface area contributed by atoms with Gasteiger partial charge in [-0.05, 0) is 25.0 Å². The summed E-state index contributed by atoms with van der Waals surface area (Å²) in [5.74, 6) is -0.351. The van der Waals surface area contributed by atoms with E-state index in [-0.39, 0.29) is 30.7 Å². The zero-order valence-electron chi connectivity index (χ0n) is 12.5. The molecule has 0 radical (unpaired) electrons. The first-order valence-corrected chi connectivity index (χ1v) is 7.29. The summed E-state index contributed by atoms with van der Waals surface area (Å²) in [5, 5.41) is 2.88. The molecular formula is C15H20N2O5. The number of likely N-dealkylation sites (tertiary alicyclic amines) is 1. The summed E-state index contributed by atoms with van der Waals surface area (Å²) in [6, 6.07) is 3.36. The van der Waals surface area contributed by atoms with Gasteiger partial charge >= 0.3 is 5.97 Å². The number of nitrogens with one attached hydrogen (secondary N) is 1. The summed E-state index contributed by atoms with van der Waals surface area (Å²) >= 11 is 0. The van der Waals surface area contributed by atoms with Gasteiger partial charge in [0.15, 0.2) is 5.76 Å². The summed E-state index contributed by atoms with van der Waals surface area (Å²) in [6.45, 7) is 1.14. The molecule has 1 saturated heterocycles. The third-order valence-electron chi connectivity index (χ3n) is 3.66. The smallest absolute Gasteiger partial charge is 0.306 e. The van der Waals surface area contributed by atoms with Crippen LogP contribution in [0.25, 0.3) is 0 Å². The highest BCUT2D eigenvalue weighted by molar-refractivity contribution is 5.91. The Kier molecular flexibility index (Phi) is 5.57. The van der Waals surface area contributed by atoms with Gasteiger partial charge in [-0.25, -0.2) is 0 Å². The molecule has 1 aliphatic rings. The Labute approximate surface area is 128 Å². The number of methoxy groups -OCH3 is 1. The third kappa shape index (κ3) is 4.34. The molecule has 1 fully saturated rings. The van der Waals surface area contributed by atoms with Gasteiger partial charge in [-0.2, -0.15) is 0 Å². The molecule has 2 amide bonds. The summed E-state index contributed by atoms with van der Waals surface area (Å²) < 4.78 is 9.59. The fraction of sp³-hybridized carbons (Fsp3) is 0.533. The van der Waals surface area contributed by atoms with Crippen LogP contribution in [0.3, 0.4) is 0 Å². The zero-order valence-corrected chi connectivity index (χ0v) is 12.5. The molecule has 7 nitrogen and oxygen atoms in total. The maximum atomic E-state index is 12.1. The summed E-state index contributed by atoms with van der Waals surface area (Å²) in [6.07, 6.45) is 3.06. The summed E-state index contributed by atoms with van der Waals surface area (Å²) in [4.78, 5) is 36.5. The molecule has 0 spiro atoms. The number of carbonyl (C=O) groups is 3. The minimum atomic E-state index is -0.394. The van der Waals surface area contributed by atoms with Crippen molar-refractivity contribution in [3.8, 4) is 0 Å². The van der Waals surface area contributed by atoms with Gasteiger partial charge < -0.3 is 19.4 Å². The molecule has 22 heavy (non-hydrogen) atoms. The molecule has 1 N–H and O–H groups in total. The van der Waals surface area contributed by atoms with Crippen LogP contribution in [0.2, 0.25) is 0 Å². The van der Waals surface area contributed by atoms with Crippen molar-refractivity contribution in [3.63, 3.8) is 0 Å². The van der Waals surface area contributed by atoms with Crippen molar-refractivity contribution >= 4 is 17.8 Å². The highest BCUT2D eigenvalue weighted by Crippen LogP contribution is 2.14. The van der Waals surface area contributed by atoms with Crippen LogP contribution in [0.5, 0.6) is 0 Å². The SMILES string of the molecule is COC(=O)CCC(=O)NC1CCN(C(=O)c2ccco2)CC1. The van der Waals surface area contributed by atoms with E-state index in [1.165, 1.54) is 13.4 Å². The van der Waals surface area contributed by atoms with Crippen LogP contribution in [0, 0.1) is 0 Å². The van der Waals surface area contributed by atoms with E-state index in [1.807, 2.05) is 0 Å². The van der Waals surface area contributed by atoms with Crippen LogP contribution >= 0.6 is 0 Å². The van der Waals surface area contributed by atoms with Crippen LogP contribution in [-0.4, -0.2) is 48.9 Å². The molecule has 7 heteroatoms. The number of nitrogens with zero attached hydrogens (tertiary/aromatic N) is 1. The molecule has 2 heterocycles. The number of piperidine rings is 1. The molecule has 0 aliphatic carbocycles. The average Bonchev–Trinajstić information content (AvgIpc) is 3.07. The second-order valence-corrected chi connectivity index (χ2v) is 5.19. The van der Waals surface area contributed by atoms with E-state index in [1.54, 1.807) is 17.0 Å². The topological polar surface area (TPSA) is 88.9 Å². The molecule has 1 aliphatic heterocycles. The normalized spacial score (nSPS) is 15.4. The number of rotatable bonds is 5. The average molecular weight is 308 g/mol. The lowest BCUT2D eigenvalue weighted by Crippen LogP contribution is -2.46. The Balaban J connectivity index is 1.72. The number of esters is 1. The number of furan rings is 1. The Hall–Kier alpha value is -2.31. The lowest BCUT2D eigenvalue weighted by atomic mass is 10.0. The minimum absolute atomic E-state index is 0.0331. The molecule has 120 valence electrons. The number of ether oxygens (including phenoxy) is 1. The van der Waals surface area contributed by atoms with E-state index in [0.717, 1.165) is 0 Å². The predicted molar refractivity (Wildman–Crippen MR) is 77.0 cm³/mol. The van der Waals surface area contributed by atoms with Crippen LogP contribution in [0.1, 0.15) is 36.2 Å². The van der Waals surface area contributed by atoms with E-state index in [9.17, 15) is 14.4 Å². The maximum Gasteiger partial charge on any atom is 0.306 e. The first-order chi connectivity index (χ1) is 10.6. The van der Waals surface area contributed by atoms with E-state index >= 15 is 0 Å². The van der Waals surface area contributed by atoms with Gasteiger partial charge in [0, 0.05) is 25.6 Å². The van der Waals surface area contributed by atoms with Gasteiger partial charge in [0.05, 0.1) is 19.8 Å². The van der Waals surface area contributed by atoms with Gasteiger partial charge in [0.1, 0.15) is 0 Å². The second-order valence-electron chi connectivity index (χ2n) is 5.19. The second kappa shape index (κ2) is 7.63. The Morgan fingerprint density at radius 1 is 1.32 bits per heavy atom. The zero-order chi connectivity index (χ0) is 15.9. The lowest BCUT2D eigenvalue weighted by Gasteiger charge is -2.31. The standard InChI is InChI=1S/C15H20N2O5/c1-21-14(19)5-4-13(18)16-11-6-8-17(9-7-11)15(20)12-3-2-10-22-12/h2-3,10-11H,4-9H2,1H3,(H,16,18). The van der Waals surface area contributed by atoms with Gasteiger partial charge in [-0.1, -0.05) is 0 Å². The van der Waals surface area contributed by atoms with E-state index in [0.29, 0.717) is 31.7 Å². The van der Waals surface area contributed by atoms with Crippen LogP contribution in [-0.2, 0) is 14.3 Å². The maximum absolute atomic E-state index is 12.1. The summed E-state index contributed by atoms with van der Waals surface area (Å²) in [5.41, 5.74) is 0. The van der Waals surface area contributed by atoms with E-state index in [4.69, 9.17) is 4.42 Å². The number of hydrogen-bond donors (Lipinski definition) is 1. The Morgan fingerprint density at radius 3 is 2.64 bits per heavy atom. The largest absolute Gasteiger partial charge is 0.469 e. The highest BCUT2D eigenvalue weighted by Gasteiger charge is 2.25. The molecule has 0 aromatic carbocycles. The quantitative estimate of drug-likeness (QED) is 0.818. The first kappa shape index (κ1) is 16.1. The van der Waals surface area contributed by atoms with Crippen molar-refractivity contribution in [1.82, 2.24) is 10.2 Å². The van der Waals surface area contributed by atoms with Crippen molar-refractivity contribution in [1.29, 1.82) is 0 Å². The van der Waals surface area contributed by atoms with Crippen LogP contribution in [0.15, 0.2) is 22.8 Å². The van der Waals surface area contributed by atoms with Gasteiger partial charge in [-0.15, -0.1) is 0 Å². The molecule has 1 aromatic rings. The van der Waals surface area contributed by atoms with Crippen molar-refractivity contribution in [2.24, 2.45) is 0 Å². The van der Waals surface area contributed by atoms with Crippen molar-refractivity contribution < 1.29 is 23.5 Å². The van der Waals surface area contributed by atoms with E-state index < -0.39 is 5.97 Å². The molecule has 0 unspecified atom stereocenters. The van der Waals surface area contributed by atoms with Crippen LogP contribution in [0.4, 0.5) is 0 Å². The number of amides is 2. The van der Waals surface area contributed by atoms with Crippen molar-refractivity contribution in [2.75, 3.05) is 20.2 Å². The van der Waals surface area contributed by atoms with Crippen molar-refractivity contribution in [2.45, 2.75) is 31.7 Å². The predicted octanol–water partition coefficient (Wildman–Crippen LogP) is 0.954. The number of carbonyl (C=O) groups excluding carboxylic acids is 3. The summed E-state index contributed by atoms with van der Waals surface area (Å²) in [7, 11) is 1.30. The first-order valence-electron chi connectivity index (χ1n) is 7.29. The molecule has 2 rings (SSSR count). The molecular weight excluding hydrogens is 288 g/mol. The molecule has 0 saturated carbocycles. The fourth-order valence-corrected chi connectivity index (χ4v) is 2.40. The Bertz CT molecular complexity index is 518. The molecule has 0 atom stereocenters. The molecule has 0 bridgehead atoms. The lowest BCUT2D eigenvalue weighted by molar-refractivity contribution is -0.142. The number of hydrogen-bond acceptors (Lipinski definition) is 5. The monoisotopic (exact) mass is 308 g/mol. The van der Waals surface area contributed by atoms with Gasteiger partial charge in [-0.3, -0.25) is 14.4 Å². The fourth-order valence-electron chi connectivity index (χ4n) is 2.40. The Morgan fingerprint density at radius 2 is 2.05 bits per heavy atom. The highest BCUT2D eigenvalue weighted by atomic mass is 16.5.